The Bertz CT molecular complexity index is 3510. The fourth-order valence-corrected chi connectivity index (χ4v) is 9.80. The number of benzene rings is 7. The molecule has 16 heteroatoms. The largest absolute Gasteiger partial charge is 0.310 e. The van der Waals surface area contributed by atoms with E-state index in [4.69, 9.17) is 0 Å². The van der Waals surface area contributed by atoms with Crippen LogP contribution in [0.1, 0.15) is 103 Å². The second kappa shape index (κ2) is 41.4. The van der Waals surface area contributed by atoms with Crippen molar-refractivity contribution in [2.45, 2.75) is 142 Å². The van der Waals surface area contributed by atoms with Crippen LogP contribution in [-0.2, 0) is 67.3 Å². The molecule has 6 atom stereocenters. The molecular formula is C81H102F3N7O6. The van der Waals surface area contributed by atoms with E-state index < -0.39 is 33.8 Å². The first kappa shape index (κ1) is 82.5. The molecule has 7 aromatic carbocycles. The number of nitrogens with one attached hydrogen (secondary N) is 6. The van der Waals surface area contributed by atoms with Crippen LogP contribution in [0.2, 0.25) is 0 Å². The molecule has 3 unspecified atom stereocenters. The van der Waals surface area contributed by atoms with E-state index >= 15 is 0 Å². The molecule has 13 nitrogen and oxygen atoms in total. The quantitative estimate of drug-likeness (QED) is 0.0301. The van der Waals surface area contributed by atoms with Crippen molar-refractivity contribution in [3.05, 3.63) is 257 Å². The van der Waals surface area contributed by atoms with E-state index in [1.807, 2.05) is 163 Å². The smallest absolute Gasteiger partial charge is 0.149 e. The molecule has 6 N–H and O–H groups in total. The molecular weight excluding hydrogens is 1220 g/mol. The lowest BCUT2D eigenvalue weighted by atomic mass is 9.89. The molecule has 1 aromatic heterocycles. The summed E-state index contributed by atoms with van der Waals surface area (Å²) >= 11 is 0. The van der Waals surface area contributed by atoms with Gasteiger partial charge in [0.25, 0.3) is 0 Å². The van der Waals surface area contributed by atoms with Gasteiger partial charge in [0.15, 0.2) is 0 Å². The minimum atomic E-state index is -0.941. The molecule has 0 amide bonds. The number of hydrogen-bond donors (Lipinski definition) is 6. The Morgan fingerprint density at radius 1 is 0.351 bits per heavy atom. The molecule has 518 valence electrons. The highest BCUT2D eigenvalue weighted by Gasteiger charge is 2.32. The number of hydrogen-bond acceptors (Lipinski definition) is 13. The summed E-state index contributed by atoms with van der Waals surface area (Å²) in [6, 6.07) is 62.8. The Hall–Kier alpha value is -8.74. The van der Waals surface area contributed by atoms with Gasteiger partial charge < -0.3 is 31.9 Å². The maximum Gasteiger partial charge on any atom is 0.149 e. The van der Waals surface area contributed by atoms with E-state index in [0.717, 1.165) is 36.1 Å². The molecule has 97 heavy (non-hydrogen) atoms. The van der Waals surface area contributed by atoms with E-state index in [1.165, 1.54) is 65.9 Å². The summed E-state index contributed by atoms with van der Waals surface area (Å²) in [7, 11) is 10.6. The first-order valence-corrected chi connectivity index (χ1v) is 32.5. The number of aromatic nitrogens is 1. The number of halogens is 3. The molecule has 0 spiro atoms. The van der Waals surface area contributed by atoms with E-state index in [2.05, 4.69) is 73.3 Å². The molecule has 0 saturated heterocycles. The number of rotatable bonds is 26. The molecule has 0 aliphatic heterocycles. The monoisotopic (exact) mass is 1330 g/mol. The van der Waals surface area contributed by atoms with Gasteiger partial charge in [0.1, 0.15) is 52.2 Å². The van der Waals surface area contributed by atoms with Crippen LogP contribution in [0.3, 0.4) is 0 Å². The zero-order chi connectivity index (χ0) is 72.4. The zero-order valence-electron chi connectivity index (χ0n) is 59.6. The van der Waals surface area contributed by atoms with Crippen molar-refractivity contribution >= 4 is 34.7 Å². The standard InChI is InChI=1S/C17H19NO.C16H18N2O.C12H15F2NO.C12H16FNO.2C12H17NO/c1-13(19)17(18-2)12-14-8-10-16(11-9-14)15-6-4-3-5-7-15;1-12(19)16(17-2)10-13-8-9-15(18-11-13)14-6-4-3-5-7-14;1-8(16)12(2,15-3)7-9-10(13)5-4-6-11(9)14;1-9(15)12(2,14-3)8-10-6-4-5-7-11(10)13;2*1-10(14)12(2,13-3)9-11-7-5-4-6-8-11/h3-11,17-18H,12H2,1-2H3;3-9,11,16-17H,10H2,1-2H3;4-6,15H,7H2,1-3H3;4-7,14H,8H2,1-3H3;2*4-8,13H,9H2,1-3H3/t;;3*12-;/m..111./s1. The third kappa shape index (κ3) is 27.4. The number of ketones is 6. The number of carbonyl (C=O) groups is 6. The number of nitrogens with zero attached hydrogens (tertiary/aromatic N) is 1. The molecule has 0 fully saturated rings. The van der Waals surface area contributed by atoms with Crippen LogP contribution in [0, 0.1) is 17.5 Å². The normalized spacial score (nSPS) is 13.7. The first-order chi connectivity index (χ1) is 46.0. The zero-order valence-corrected chi connectivity index (χ0v) is 59.6. The van der Waals surface area contributed by atoms with Gasteiger partial charge in [-0.25, -0.2) is 13.2 Å². The molecule has 1 heterocycles. The molecule has 0 radical (unpaired) electrons. The molecule has 0 bridgehead atoms. The van der Waals surface area contributed by atoms with E-state index in [-0.39, 0.29) is 64.6 Å². The van der Waals surface area contributed by atoms with Crippen LogP contribution >= 0.6 is 0 Å². The van der Waals surface area contributed by atoms with Gasteiger partial charge in [0, 0.05) is 30.2 Å². The summed E-state index contributed by atoms with van der Waals surface area (Å²) in [6.07, 6.45) is 5.09. The fraction of sp³-hybridized carbons (Fsp3) is 0.346. The lowest BCUT2D eigenvalue weighted by Gasteiger charge is -2.26. The SMILES string of the molecule is CNC(C)(Cc1ccccc1)C(C)=O.CNC(Cc1ccc(-c2ccccc2)cc1)C(C)=O.CNC(Cc1ccc(-c2ccccc2)nc1)C(C)=O.CN[C@](C)(Cc1c(F)cccc1F)C(C)=O.CN[C@](C)(Cc1ccccc1)C(C)=O.CN[C@](C)(Cc1ccccc1F)C(C)=O. The van der Waals surface area contributed by atoms with Crippen molar-refractivity contribution in [2.75, 3.05) is 42.3 Å². The second-order valence-electron chi connectivity index (χ2n) is 24.8. The van der Waals surface area contributed by atoms with Gasteiger partial charge >= 0.3 is 0 Å². The van der Waals surface area contributed by atoms with Crippen molar-refractivity contribution in [1.82, 2.24) is 36.9 Å². The Labute approximate surface area is 574 Å². The Balaban J connectivity index is 0.000000305. The van der Waals surface area contributed by atoms with Crippen molar-refractivity contribution in [1.29, 1.82) is 0 Å². The molecule has 0 saturated carbocycles. The maximum absolute atomic E-state index is 13.4. The Kier molecular flexibility index (Phi) is 35.2. The van der Waals surface area contributed by atoms with Gasteiger partial charge in [-0.3, -0.25) is 33.8 Å². The van der Waals surface area contributed by atoms with Crippen molar-refractivity contribution < 1.29 is 41.9 Å². The van der Waals surface area contributed by atoms with Gasteiger partial charge in [-0.1, -0.05) is 176 Å². The molecule has 0 aliphatic rings. The van der Waals surface area contributed by atoms with Gasteiger partial charge in [-0.05, 0) is 200 Å². The average Bonchev–Trinajstić information content (AvgIpc) is 0.953. The summed E-state index contributed by atoms with van der Waals surface area (Å²) in [5.74, 6) is -0.992. The Morgan fingerprint density at radius 3 is 1.04 bits per heavy atom. The predicted molar refractivity (Wildman–Crippen MR) is 389 cm³/mol. The van der Waals surface area contributed by atoms with Crippen molar-refractivity contribution in [3.63, 3.8) is 0 Å². The van der Waals surface area contributed by atoms with Crippen molar-refractivity contribution in [2.24, 2.45) is 0 Å². The second-order valence-corrected chi connectivity index (χ2v) is 24.8. The van der Waals surface area contributed by atoms with Gasteiger partial charge in [-0.2, -0.15) is 0 Å². The predicted octanol–water partition coefficient (Wildman–Crippen LogP) is 13.1. The van der Waals surface area contributed by atoms with Gasteiger partial charge in [-0.15, -0.1) is 0 Å². The van der Waals surface area contributed by atoms with Crippen LogP contribution in [-0.4, -0.2) is 116 Å². The number of likely N-dealkylation sites (N-methyl/N-ethyl adjacent to an activating group) is 6. The van der Waals surface area contributed by atoms with Crippen LogP contribution in [0.25, 0.3) is 22.4 Å². The van der Waals surface area contributed by atoms with E-state index in [0.29, 0.717) is 18.4 Å². The average molecular weight is 1330 g/mol. The third-order valence-electron chi connectivity index (χ3n) is 17.7. The van der Waals surface area contributed by atoms with Crippen molar-refractivity contribution in [3.8, 4) is 22.4 Å². The summed E-state index contributed by atoms with van der Waals surface area (Å²) in [5.41, 5.74) is 7.05. The molecule has 8 aromatic rings. The van der Waals surface area contributed by atoms with Crippen LogP contribution in [0.5, 0.6) is 0 Å². The van der Waals surface area contributed by atoms with Crippen LogP contribution < -0.4 is 31.9 Å². The summed E-state index contributed by atoms with van der Waals surface area (Å²) in [6.45, 7) is 16.7. The molecule has 8 rings (SSSR count). The highest BCUT2D eigenvalue weighted by Crippen LogP contribution is 2.23. The van der Waals surface area contributed by atoms with Crippen LogP contribution in [0.4, 0.5) is 13.2 Å². The number of pyridine rings is 1. The highest BCUT2D eigenvalue weighted by molar-refractivity contribution is 5.88. The third-order valence-corrected chi connectivity index (χ3v) is 17.7. The number of carbonyl (C=O) groups excluding carboxylic acids is 6. The van der Waals surface area contributed by atoms with E-state index in [1.54, 1.807) is 80.9 Å². The van der Waals surface area contributed by atoms with Gasteiger partial charge in [0.2, 0.25) is 0 Å². The van der Waals surface area contributed by atoms with Gasteiger partial charge in [0.05, 0.1) is 39.9 Å². The lowest BCUT2D eigenvalue weighted by Crippen LogP contribution is -2.48. The summed E-state index contributed by atoms with van der Waals surface area (Å²) < 4.78 is 40.2. The minimum absolute atomic E-state index is 0.00264. The Morgan fingerprint density at radius 2 is 0.680 bits per heavy atom. The number of Topliss-reactive ketones (excluding diaryl/α,β-unsaturated/α-hetero) is 6. The topological polar surface area (TPSA) is 187 Å². The fourth-order valence-electron chi connectivity index (χ4n) is 9.80. The molecule has 0 aliphatic carbocycles. The first-order valence-electron chi connectivity index (χ1n) is 32.5. The van der Waals surface area contributed by atoms with E-state index in [9.17, 15) is 41.9 Å². The highest BCUT2D eigenvalue weighted by atomic mass is 19.1. The van der Waals surface area contributed by atoms with Crippen LogP contribution in [0.15, 0.2) is 206 Å². The summed E-state index contributed by atoms with van der Waals surface area (Å²) in [4.78, 5) is 73.0. The minimum Gasteiger partial charge on any atom is -0.310 e. The lowest BCUT2D eigenvalue weighted by molar-refractivity contribution is -0.123. The maximum atomic E-state index is 13.4. The summed E-state index contributed by atoms with van der Waals surface area (Å²) in [5, 5.41) is 18.0.